The molecule has 0 amide bonds. The second-order valence-corrected chi connectivity index (χ2v) is 4.92. The van der Waals surface area contributed by atoms with Gasteiger partial charge in [0.25, 0.3) is 0 Å². The third-order valence-corrected chi connectivity index (χ3v) is 3.98. The number of aliphatic hydroxyl groups is 1. The van der Waals surface area contributed by atoms with Crippen molar-refractivity contribution in [2.45, 2.75) is 49.3 Å². The number of methoxy groups -OCH3 is 1. The SMILES string of the molecule is COC1CC(N)(C2(O)CCCOCC2)C1. The van der Waals surface area contributed by atoms with Crippen molar-refractivity contribution in [1.82, 2.24) is 0 Å². The molecule has 15 heavy (non-hydrogen) atoms. The van der Waals surface area contributed by atoms with Gasteiger partial charge in [-0.1, -0.05) is 0 Å². The number of hydrogen-bond acceptors (Lipinski definition) is 4. The lowest BCUT2D eigenvalue weighted by molar-refractivity contribution is -0.133. The van der Waals surface area contributed by atoms with E-state index in [4.69, 9.17) is 15.2 Å². The molecule has 3 N–H and O–H groups in total. The second kappa shape index (κ2) is 4.01. The van der Waals surface area contributed by atoms with Gasteiger partial charge in [0.15, 0.2) is 0 Å². The Morgan fingerprint density at radius 2 is 2.07 bits per heavy atom. The molecular formula is C11H21NO3. The topological polar surface area (TPSA) is 64.7 Å². The first-order chi connectivity index (χ1) is 7.10. The van der Waals surface area contributed by atoms with Gasteiger partial charge in [-0.25, -0.2) is 0 Å². The summed E-state index contributed by atoms with van der Waals surface area (Å²) in [7, 11) is 1.70. The second-order valence-electron chi connectivity index (χ2n) is 4.92. The van der Waals surface area contributed by atoms with Crippen LogP contribution >= 0.6 is 0 Å². The molecule has 0 bridgehead atoms. The van der Waals surface area contributed by atoms with E-state index in [-0.39, 0.29) is 6.10 Å². The molecule has 88 valence electrons. The zero-order valence-corrected chi connectivity index (χ0v) is 9.37. The Balaban J connectivity index is 2.01. The van der Waals surface area contributed by atoms with Crippen LogP contribution in [0.15, 0.2) is 0 Å². The molecule has 2 fully saturated rings. The molecule has 2 rings (SSSR count). The highest BCUT2D eigenvalue weighted by molar-refractivity contribution is 5.12. The highest BCUT2D eigenvalue weighted by Crippen LogP contribution is 2.44. The third kappa shape index (κ3) is 1.91. The van der Waals surface area contributed by atoms with Gasteiger partial charge in [0.1, 0.15) is 0 Å². The van der Waals surface area contributed by atoms with Crippen molar-refractivity contribution in [3.63, 3.8) is 0 Å². The molecule has 0 aromatic carbocycles. The molecule has 1 aliphatic heterocycles. The molecule has 1 unspecified atom stereocenters. The lowest BCUT2D eigenvalue weighted by Crippen LogP contribution is -2.69. The lowest BCUT2D eigenvalue weighted by Gasteiger charge is -2.53. The van der Waals surface area contributed by atoms with Gasteiger partial charge in [-0.3, -0.25) is 0 Å². The molecule has 4 heteroatoms. The molecular weight excluding hydrogens is 194 g/mol. The summed E-state index contributed by atoms with van der Waals surface area (Å²) in [6.07, 6.45) is 4.05. The van der Waals surface area contributed by atoms with E-state index in [1.165, 1.54) is 0 Å². The van der Waals surface area contributed by atoms with Gasteiger partial charge in [0, 0.05) is 32.3 Å². The first-order valence-corrected chi connectivity index (χ1v) is 5.71. The molecule has 1 saturated carbocycles. The highest BCUT2D eigenvalue weighted by Gasteiger charge is 2.55. The Labute approximate surface area is 90.7 Å². The highest BCUT2D eigenvalue weighted by atomic mass is 16.5. The molecule has 0 aromatic rings. The maximum absolute atomic E-state index is 10.6. The van der Waals surface area contributed by atoms with Crippen LogP contribution in [-0.2, 0) is 9.47 Å². The summed E-state index contributed by atoms with van der Waals surface area (Å²) in [6.45, 7) is 1.36. The minimum atomic E-state index is -0.751. The molecule has 2 aliphatic rings. The quantitative estimate of drug-likeness (QED) is 0.701. The summed E-state index contributed by atoms with van der Waals surface area (Å²) in [5.41, 5.74) is 5.05. The van der Waals surface area contributed by atoms with Crippen LogP contribution < -0.4 is 5.73 Å². The largest absolute Gasteiger partial charge is 0.388 e. The van der Waals surface area contributed by atoms with Gasteiger partial charge >= 0.3 is 0 Å². The molecule has 1 saturated heterocycles. The van der Waals surface area contributed by atoms with Gasteiger partial charge in [0.2, 0.25) is 0 Å². The minimum Gasteiger partial charge on any atom is -0.388 e. The van der Waals surface area contributed by atoms with Crippen LogP contribution in [0.1, 0.15) is 32.1 Å². The fourth-order valence-corrected chi connectivity index (χ4v) is 2.73. The Kier molecular flexibility index (Phi) is 3.03. The van der Waals surface area contributed by atoms with E-state index in [1.54, 1.807) is 7.11 Å². The van der Waals surface area contributed by atoms with Crippen molar-refractivity contribution in [2.75, 3.05) is 20.3 Å². The number of ether oxygens (including phenoxy) is 2. The molecule has 1 heterocycles. The van der Waals surface area contributed by atoms with Crippen LogP contribution in [0.2, 0.25) is 0 Å². The summed E-state index contributed by atoms with van der Waals surface area (Å²) in [5, 5.41) is 10.6. The van der Waals surface area contributed by atoms with Crippen molar-refractivity contribution in [3.8, 4) is 0 Å². The fourth-order valence-electron chi connectivity index (χ4n) is 2.73. The van der Waals surface area contributed by atoms with E-state index in [1.807, 2.05) is 0 Å². The van der Waals surface area contributed by atoms with Crippen LogP contribution in [0.3, 0.4) is 0 Å². The van der Waals surface area contributed by atoms with Crippen LogP contribution in [-0.4, -0.2) is 42.7 Å². The smallest absolute Gasteiger partial charge is 0.0851 e. The monoisotopic (exact) mass is 215 g/mol. The number of rotatable bonds is 2. The van der Waals surface area contributed by atoms with Gasteiger partial charge < -0.3 is 20.3 Å². The molecule has 1 aliphatic carbocycles. The Morgan fingerprint density at radius 1 is 1.33 bits per heavy atom. The zero-order valence-electron chi connectivity index (χ0n) is 9.37. The zero-order chi connectivity index (χ0) is 10.9. The van der Waals surface area contributed by atoms with Crippen LogP contribution in [0.5, 0.6) is 0 Å². The van der Waals surface area contributed by atoms with E-state index in [9.17, 15) is 5.11 Å². The minimum absolute atomic E-state index is 0.225. The Morgan fingerprint density at radius 3 is 2.73 bits per heavy atom. The molecule has 0 radical (unpaired) electrons. The summed E-state index contributed by atoms with van der Waals surface area (Å²) >= 11 is 0. The van der Waals surface area contributed by atoms with E-state index in [0.717, 1.165) is 32.3 Å². The summed E-state index contributed by atoms with van der Waals surface area (Å²) in [6, 6.07) is 0. The molecule has 4 nitrogen and oxygen atoms in total. The van der Waals surface area contributed by atoms with Crippen molar-refractivity contribution in [2.24, 2.45) is 5.73 Å². The number of nitrogens with two attached hydrogens (primary N) is 1. The lowest BCUT2D eigenvalue weighted by atomic mass is 9.62. The van der Waals surface area contributed by atoms with Gasteiger partial charge in [-0.15, -0.1) is 0 Å². The third-order valence-electron chi connectivity index (χ3n) is 3.98. The van der Waals surface area contributed by atoms with Crippen LogP contribution in [0, 0.1) is 0 Å². The maximum atomic E-state index is 10.6. The average Bonchev–Trinajstić information content (AvgIpc) is 2.39. The first kappa shape index (κ1) is 11.3. The molecule has 0 aromatic heterocycles. The molecule has 0 spiro atoms. The Bertz CT molecular complexity index is 218. The summed E-state index contributed by atoms with van der Waals surface area (Å²) in [5.74, 6) is 0. The van der Waals surface area contributed by atoms with Crippen molar-refractivity contribution >= 4 is 0 Å². The van der Waals surface area contributed by atoms with Gasteiger partial charge in [-0.05, 0) is 25.7 Å². The summed E-state index contributed by atoms with van der Waals surface area (Å²) in [4.78, 5) is 0. The Hall–Kier alpha value is -0.160. The summed E-state index contributed by atoms with van der Waals surface area (Å²) < 4.78 is 10.6. The van der Waals surface area contributed by atoms with E-state index < -0.39 is 11.1 Å². The van der Waals surface area contributed by atoms with E-state index in [0.29, 0.717) is 13.0 Å². The molecule has 1 atom stereocenters. The number of hydrogen-bond donors (Lipinski definition) is 2. The predicted molar refractivity (Wildman–Crippen MR) is 56.6 cm³/mol. The standard InChI is InChI=1S/C11H21NO3/c1-14-9-7-10(12,8-9)11(13)3-2-5-15-6-4-11/h9,13H,2-8,12H2,1H3. The van der Waals surface area contributed by atoms with Crippen molar-refractivity contribution in [3.05, 3.63) is 0 Å². The van der Waals surface area contributed by atoms with E-state index >= 15 is 0 Å². The first-order valence-electron chi connectivity index (χ1n) is 5.71. The van der Waals surface area contributed by atoms with Gasteiger partial charge in [-0.2, -0.15) is 0 Å². The van der Waals surface area contributed by atoms with Crippen molar-refractivity contribution in [1.29, 1.82) is 0 Å². The van der Waals surface area contributed by atoms with Crippen LogP contribution in [0.4, 0.5) is 0 Å². The predicted octanol–water partition coefficient (Wildman–Crippen LogP) is 0.424. The van der Waals surface area contributed by atoms with Gasteiger partial charge in [0.05, 0.1) is 11.7 Å². The maximum Gasteiger partial charge on any atom is 0.0851 e. The normalized spacial score (nSPS) is 47.0. The van der Waals surface area contributed by atoms with Crippen LogP contribution in [0.25, 0.3) is 0 Å². The van der Waals surface area contributed by atoms with E-state index in [2.05, 4.69) is 0 Å². The van der Waals surface area contributed by atoms with Crippen molar-refractivity contribution < 1.29 is 14.6 Å². The average molecular weight is 215 g/mol. The fraction of sp³-hybridized carbons (Fsp3) is 1.00.